The number of hydrogen-bond donors (Lipinski definition) is 1. The van der Waals surface area contributed by atoms with E-state index in [1.807, 2.05) is 12.1 Å². The molecule has 24 heavy (non-hydrogen) atoms. The van der Waals surface area contributed by atoms with Gasteiger partial charge in [-0.25, -0.2) is 0 Å². The third kappa shape index (κ3) is 2.33. The van der Waals surface area contributed by atoms with Crippen LogP contribution >= 0.6 is 31.9 Å². The molecule has 0 aliphatic rings. The topological polar surface area (TPSA) is 24.1 Å². The van der Waals surface area contributed by atoms with E-state index in [0.29, 0.717) is 8.95 Å². The zero-order valence-electron chi connectivity index (χ0n) is 12.9. The number of fused-ring (bicyclic) bond motifs is 2. The number of phenols is 1. The summed E-state index contributed by atoms with van der Waals surface area (Å²) in [6.07, 6.45) is 0. The number of aromatic hydroxyl groups is 1. The van der Waals surface area contributed by atoms with E-state index in [4.69, 9.17) is 0 Å². The number of phenolic OH excluding ortho intramolecular Hbond substituents is 1. The van der Waals surface area contributed by atoms with Crippen molar-refractivity contribution < 1.29 is 9.67 Å². The van der Waals surface area contributed by atoms with E-state index in [1.165, 1.54) is 27.4 Å². The second-order valence-electron chi connectivity index (χ2n) is 5.76. The van der Waals surface area contributed by atoms with Crippen molar-refractivity contribution in [2.24, 2.45) is 7.05 Å². The molecule has 1 aromatic heterocycles. The smallest absolute Gasteiger partial charge is 0.213 e. The SMILES string of the molecule is C[n+]1c2ccccc2c(-c2cc(Br)c(O)c(Br)c2)c2ccccc21. The van der Waals surface area contributed by atoms with Crippen LogP contribution in [0.3, 0.4) is 0 Å². The second-order valence-corrected chi connectivity index (χ2v) is 7.47. The van der Waals surface area contributed by atoms with Crippen LogP contribution in [0.25, 0.3) is 32.9 Å². The zero-order valence-corrected chi connectivity index (χ0v) is 16.1. The van der Waals surface area contributed by atoms with Gasteiger partial charge in [-0.3, -0.25) is 0 Å². The van der Waals surface area contributed by atoms with Gasteiger partial charge in [-0.1, -0.05) is 24.3 Å². The van der Waals surface area contributed by atoms with Crippen LogP contribution in [-0.4, -0.2) is 5.11 Å². The van der Waals surface area contributed by atoms with Gasteiger partial charge in [0.1, 0.15) is 12.8 Å². The predicted molar refractivity (Wildman–Crippen MR) is 105 cm³/mol. The summed E-state index contributed by atoms with van der Waals surface area (Å²) in [7, 11) is 2.09. The Morgan fingerprint density at radius 3 is 1.75 bits per heavy atom. The molecule has 4 rings (SSSR count). The highest BCUT2D eigenvalue weighted by molar-refractivity contribution is 9.11. The number of hydrogen-bond acceptors (Lipinski definition) is 1. The molecule has 0 aliphatic heterocycles. The lowest BCUT2D eigenvalue weighted by molar-refractivity contribution is -0.617. The normalized spacial score (nSPS) is 11.3. The van der Waals surface area contributed by atoms with Gasteiger partial charge in [-0.2, -0.15) is 4.57 Å². The molecule has 0 bridgehead atoms. The summed E-state index contributed by atoms with van der Waals surface area (Å²) in [4.78, 5) is 0. The van der Waals surface area contributed by atoms with Crippen molar-refractivity contribution in [1.82, 2.24) is 0 Å². The van der Waals surface area contributed by atoms with Crippen LogP contribution in [-0.2, 0) is 7.05 Å². The van der Waals surface area contributed by atoms with Gasteiger partial charge >= 0.3 is 0 Å². The molecule has 4 heteroatoms. The first-order valence-electron chi connectivity index (χ1n) is 7.56. The Balaban J connectivity index is 2.23. The molecule has 1 N–H and O–H groups in total. The van der Waals surface area contributed by atoms with Gasteiger partial charge in [0.2, 0.25) is 11.0 Å². The van der Waals surface area contributed by atoms with Gasteiger partial charge in [0.05, 0.1) is 19.7 Å². The van der Waals surface area contributed by atoms with Crippen molar-refractivity contribution in [1.29, 1.82) is 0 Å². The summed E-state index contributed by atoms with van der Waals surface area (Å²) >= 11 is 6.90. The highest BCUT2D eigenvalue weighted by Gasteiger charge is 2.19. The fraction of sp³-hybridized carbons (Fsp3) is 0.0500. The lowest BCUT2D eigenvalue weighted by Crippen LogP contribution is -2.30. The number of rotatable bonds is 1. The summed E-state index contributed by atoms with van der Waals surface area (Å²) < 4.78 is 3.57. The van der Waals surface area contributed by atoms with E-state index in [9.17, 15) is 5.11 Å². The van der Waals surface area contributed by atoms with Gasteiger partial charge in [0, 0.05) is 17.7 Å². The Bertz CT molecular complexity index is 1030. The molecule has 0 amide bonds. The Labute approximate surface area is 156 Å². The molecule has 0 radical (unpaired) electrons. The molecule has 0 saturated heterocycles. The lowest BCUT2D eigenvalue weighted by Gasteiger charge is -2.12. The van der Waals surface area contributed by atoms with Crippen LogP contribution in [0.1, 0.15) is 0 Å². The molecule has 4 aromatic rings. The number of aromatic nitrogens is 1. The first kappa shape index (κ1) is 15.6. The fourth-order valence-corrected chi connectivity index (χ4v) is 4.44. The zero-order chi connectivity index (χ0) is 16.8. The van der Waals surface area contributed by atoms with Crippen molar-refractivity contribution in [3.8, 4) is 16.9 Å². The molecule has 0 spiro atoms. The molecule has 0 fully saturated rings. The minimum absolute atomic E-state index is 0.217. The Morgan fingerprint density at radius 1 is 0.792 bits per heavy atom. The van der Waals surface area contributed by atoms with E-state index in [-0.39, 0.29) is 5.75 Å². The molecule has 0 saturated carbocycles. The number of halogens is 2. The average Bonchev–Trinajstić information content (AvgIpc) is 2.60. The monoisotopic (exact) mass is 442 g/mol. The van der Waals surface area contributed by atoms with E-state index in [0.717, 1.165) is 5.56 Å². The highest BCUT2D eigenvalue weighted by Crippen LogP contribution is 2.40. The lowest BCUT2D eigenvalue weighted by atomic mass is 9.96. The van der Waals surface area contributed by atoms with Crippen molar-refractivity contribution in [2.75, 3.05) is 0 Å². The fourth-order valence-electron chi connectivity index (χ4n) is 3.25. The summed E-state index contributed by atoms with van der Waals surface area (Å²) in [5.74, 6) is 0.217. The third-order valence-electron chi connectivity index (χ3n) is 4.38. The van der Waals surface area contributed by atoms with E-state index >= 15 is 0 Å². The number of pyridine rings is 1. The first-order chi connectivity index (χ1) is 11.6. The maximum absolute atomic E-state index is 10.1. The van der Waals surface area contributed by atoms with E-state index in [2.05, 4.69) is 92.0 Å². The Hall–Kier alpha value is -1.91. The van der Waals surface area contributed by atoms with Gasteiger partial charge in [0.25, 0.3) is 0 Å². The van der Waals surface area contributed by atoms with Crippen LogP contribution in [0, 0.1) is 0 Å². The highest BCUT2D eigenvalue weighted by atomic mass is 79.9. The van der Waals surface area contributed by atoms with Crippen LogP contribution in [0.15, 0.2) is 69.6 Å². The maximum Gasteiger partial charge on any atom is 0.213 e. The predicted octanol–water partition coefficient (Wildman–Crippen LogP) is 5.72. The standard InChI is InChI=1S/C20H13Br2NO/c1-23-17-8-4-2-6-13(17)19(14-7-3-5-9-18(14)23)12-10-15(21)20(24)16(22)11-12/h2-11H,1H3/p+1. The van der Waals surface area contributed by atoms with E-state index < -0.39 is 0 Å². The molecular formula is C20H14Br2NO+. The number of para-hydroxylation sites is 2. The molecular weight excluding hydrogens is 430 g/mol. The quantitative estimate of drug-likeness (QED) is 0.295. The van der Waals surface area contributed by atoms with Crippen molar-refractivity contribution >= 4 is 53.7 Å². The van der Waals surface area contributed by atoms with Crippen LogP contribution < -0.4 is 4.57 Å². The van der Waals surface area contributed by atoms with Gasteiger partial charge < -0.3 is 5.11 Å². The number of nitrogens with zero attached hydrogens (tertiary/aromatic N) is 1. The van der Waals surface area contributed by atoms with Crippen molar-refractivity contribution in [3.63, 3.8) is 0 Å². The Kier molecular flexibility index (Phi) is 3.82. The molecule has 2 nitrogen and oxygen atoms in total. The van der Waals surface area contributed by atoms with Gasteiger partial charge in [-0.05, 0) is 61.7 Å². The summed E-state index contributed by atoms with van der Waals surface area (Å²) in [5.41, 5.74) is 4.57. The van der Waals surface area contributed by atoms with Gasteiger partial charge in [0.15, 0.2) is 0 Å². The van der Waals surface area contributed by atoms with E-state index in [1.54, 1.807) is 0 Å². The minimum Gasteiger partial charge on any atom is -0.506 e. The molecule has 1 heterocycles. The van der Waals surface area contributed by atoms with Crippen LogP contribution in [0.5, 0.6) is 5.75 Å². The summed E-state index contributed by atoms with van der Waals surface area (Å²) in [5, 5.41) is 12.4. The number of benzene rings is 3. The first-order valence-corrected chi connectivity index (χ1v) is 9.14. The van der Waals surface area contributed by atoms with Crippen molar-refractivity contribution in [2.45, 2.75) is 0 Å². The Morgan fingerprint density at radius 2 is 1.25 bits per heavy atom. The molecule has 3 aromatic carbocycles. The molecule has 0 unspecified atom stereocenters. The molecule has 0 aliphatic carbocycles. The minimum atomic E-state index is 0.217. The number of aryl methyl sites for hydroxylation is 1. The summed E-state index contributed by atoms with van der Waals surface area (Å²) in [6, 6.07) is 20.7. The average molecular weight is 444 g/mol. The second kappa shape index (κ2) is 5.87. The third-order valence-corrected chi connectivity index (χ3v) is 5.58. The maximum atomic E-state index is 10.1. The van der Waals surface area contributed by atoms with Crippen molar-refractivity contribution in [3.05, 3.63) is 69.6 Å². The molecule has 118 valence electrons. The largest absolute Gasteiger partial charge is 0.506 e. The summed E-state index contributed by atoms with van der Waals surface area (Å²) in [6.45, 7) is 0. The molecule has 0 atom stereocenters. The van der Waals surface area contributed by atoms with Crippen LogP contribution in [0.4, 0.5) is 0 Å². The van der Waals surface area contributed by atoms with Crippen LogP contribution in [0.2, 0.25) is 0 Å². The van der Waals surface area contributed by atoms with Gasteiger partial charge in [-0.15, -0.1) is 0 Å².